The minimum Gasteiger partial charge on any atom is -0.461 e. The van der Waals surface area contributed by atoms with E-state index in [4.69, 9.17) is 22.1 Å². The Hall–Kier alpha value is -1.33. The van der Waals surface area contributed by atoms with Crippen LogP contribution in [0.2, 0.25) is 0 Å². The van der Waals surface area contributed by atoms with Crippen LogP contribution in [-0.4, -0.2) is 38.1 Å². The molecule has 20 heavy (non-hydrogen) atoms. The molecule has 0 spiro atoms. The molecule has 2 saturated heterocycles. The molecule has 2 radical (unpaired) electrons. The van der Waals surface area contributed by atoms with E-state index in [1.807, 2.05) is 30.3 Å². The number of carbonyl (C=O) groups is 1. The summed E-state index contributed by atoms with van der Waals surface area (Å²) in [6.07, 6.45) is 1.52. The third-order valence-corrected chi connectivity index (χ3v) is 3.92. The van der Waals surface area contributed by atoms with E-state index in [1.54, 1.807) is 0 Å². The highest BCUT2D eigenvalue weighted by molar-refractivity contribution is 6.11. The number of esters is 1. The summed E-state index contributed by atoms with van der Waals surface area (Å²) < 4.78 is 16.6. The molecular weight excluding hydrogens is 255 g/mol. The average molecular weight is 272 g/mol. The average Bonchev–Trinajstić information content (AvgIpc) is 2.67. The van der Waals surface area contributed by atoms with Crippen LogP contribution >= 0.6 is 0 Å². The normalized spacial score (nSPS) is 32.0. The molecule has 1 aromatic carbocycles. The number of benzene rings is 1. The van der Waals surface area contributed by atoms with Gasteiger partial charge in [-0.05, 0) is 5.56 Å². The van der Waals surface area contributed by atoms with Gasteiger partial charge < -0.3 is 14.2 Å². The van der Waals surface area contributed by atoms with Crippen molar-refractivity contribution >= 4 is 13.8 Å². The van der Waals surface area contributed by atoms with Crippen LogP contribution in [0.1, 0.15) is 24.8 Å². The van der Waals surface area contributed by atoms with Gasteiger partial charge in [0.15, 0.2) is 0 Å². The second kappa shape index (κ2) is 5.58. The van der Waals surface area contributed by atoms with Crippen molar-refractivity contribution in [1.82, 2.24) is 0 Å². The van der Waals surface area contributed by atoms with Crippen LogP contribution in [0.3, 0.4) is 0 Å². The zero-order valence-corrected chi connectivity index (χ0v) is 11.3. The molecule has 0 saturated carbocycles. The van der Waals surface area contributed by atoms with Gasteiger partial charge >= 0.3 is 5.97 Å². The molecule has 2 aliphatic rings. The number of ether oxygens (including phenoxy) is 3. The number of carbonyl (C=O) groups excluding carboxylic acids is 1. The predicted octanol–water partition coefficient (Wildman–Crippen LogP) is 1.56. The summed E-state index contributed by atoms with van der Waals surface area (Å²) in [6.45, 7) is 0.881. The molecule has 1 unspecified atom stereocenters. The van der Waals surface area contributed by atoms with E-state index >= 15 is 0 Å². The summed E-state index contributed by atoms with van der Waals surface area (Å²) >= 11 is 0. The van der Waals surface area contributed by atoms with Crippen LogP contribution < -0.4 is 0 Å². The molecule has 0 amide bonds. The first-order chi connectivity index (χ1) is 9.67. The molecule has 5 heteroatoms. The van der Waals surface area contributed by atoms with Crippen molar-refractivity contribution in [2.45, 2.75) is 43.6 Å². The van der Waals surface area contributed by atoms with Gasteiger partial charge in [-0.2, -0.15) is 0 Å². The minimum atomic E-state index is -0.490. The van der Waals surface area contributed by atoms with Crippen molar-refractivity contribution in [3.05, 3.63) is 35.9 Å². The lowest BCUT2D eigenvalue weighted by atomic mass is 9.86. The number of hydrogen-bond donors (Lipinski definition) is 0. The fourth-order valence-corrected chi connectivity index (χ4v) is 2.86. The van der Waals surface area contributed by atoms with Crippen LogP contribution in [0.5, 0.6) is 0 Å². The predicted molar refractivity (Wildman–Crippen MR) is 73.2 cm³/mol. The molecule has 3 rings (SSSR count). The zero-order chi connectivity index (χ0) is 14.0. The summed E-state index contributed by atoms with van der Waals surface area (Å²) in [5.74, 6) is -0.247. The Kier molecular flexibility index (Phi) is 3.81. The second-order valence-corrected chi connectivity index (χ2v) is 5.45. The van der Waals surface area contributed by atoms with Crippen molar-refractivity contribution in [3.8, 4) is 0 Å². The molecule has 104 valence electrons. The van der Waals surface area contributed by atoms with Gasteiger partial charge in [0, 0.05) is 25.5 Å². The van der Waals surface area contributed by atoms with Crippen LogP contribution in [-0.2, 0) is 25.6 Å². The molecule has 3 atom stereocenters. The monoisotopic (exact) mass is 272 g/mol. The lowest BCUT2D eigenvalue weighted by molar-refractivity contribution is -0.152. The lowest BCUT2D eigenvalue weighted by Gasteiger charge is -2.30. The highest BCUT2D eigenvalue weighted by atomic mass is 16.6. The van der Waals surface area contributed by atoms with Gasteiger partial charge in [0.05, 0.1) is 18.1 Å². The smallest absolute Gasteiger partial charge is 0.309 e. The molecule has 1 aromatic rings. The van der Waals surface area contributed by atoms with E-state index in [0.29, 0.717) is 26.1 Å². The molecule has 2 fully saturated rings. The highest BCUT2D eigenvalue weighted by Crippen LogP contribution is 2.40. The third-order valence-electron chi connectivity index (χ3n) is 3.92. The van der Waals surface area contributed by atoms with E-state index in [9.17, 15) is 4.79 Å². The Morgan fingerprint density at radius 2 is 2.20 bits per heavy atom. The fraction of sp³-hybridized carbons (Fsp3) is 0.533. The number of rotatable bonds is 4. The van der Waals surface area contributed by atoms with Crippen LogP contribution in [0, 0.1) is 0 Å². The van der Waals surface area contributed by atoms with Gasteiger partial charge in [0.2, 0.25) is 0 Å². The first kappa shape index (κ1) is 13.6. The van der Waals surface area contributed by atoms with Crippen molar-refractivity contribution < 1.29 is 19.0 Å². The number of fused-ring (bicyclic) bond motifs is 2. The SMILES string of the molecule is [B][C@@H]1O[C@@]2(CC(=O)OCc3ccccc3)CCOC1C2. The van der Waals surface area contributed by atoms with E-state index in [-0.39, 0.29) is 18.5 Å². The summed E-state index contributed by atoms with van der Waals surface area (Å²) in [5, 5.41) is 0. The van der Waals surface area contributed by atoms with Gasteiger partial charge in [-0.1, -0.05) is 30.3 Å². The standard InChI is InChI=1S/C15H17BO4/c16-14-12-8-15(20-14,6-7-18-12)9-13(17)19-10-11-4-2-1-3-5-11/h1-5,12,14H,6-10H2/t12?,14-,15+/m1/s1. The summed E-state index contributed by atoms with van der Waals surface area (Å²) in [7, 11) is 5.85. The third kappa shape index (κ3) is 2.89. The molecule has 0 N–H and O–H groups in total. The lowest BCUT2D eigenvalue weighted by Crippen LogP contribution is -2.37. The second-order valence-electron chi connectivity index (χ2n) is 5.45. The minimum absolute atomic E-state index is 0.0920. The van der Waals surface area contributed by atoms with Gasteiger partial charge in [-0.3, -0.25) is 4.79 Å². The largest absolute Gasteiger partial charge is 0.461 e. The maximum atomic E-state index is 12.0. The van der Waals surface area contributed by atoms with Gasteiger partial charge in [0.1, 0.15) is 14.5 Å². The van der Waals surface area contributed by atoms with Crippen molar-refractivity contribution in [1.29, 1.82) is 0 Å². The first-order valence-electron chi connectivity index (χ1n) is 6.91. The van der Waals surface area contributed by atoms with E-state index in [2.05, 4.69) is 0 Å². The maximum Gasteiger partial charge on any atom is 0.309 e. The van der Waals surface area contributed by atoms with Crippen LogP contribution in [0.25, 0.3) is 0 Å². The zero-order valence-electron chi connectivity index (χ0n) is 11.3. The molecule has 2 bridgehead atoms. The topological polar surface area (TPSA) is 44.8 Å². The molecule has 2 heterocycles. The van der Waals surface area contributed by atoms with Crippen molar-refractivity contribution in [3.63, 3.8) is 0 Å². The summed E-state index contributed by atoms with van der Waals surface area (Å²) in [5.41, 5.74) is 0.489. The van der Waals surface area contributed by atoms with Gasteiger partial charge in [-0.25, -0.2) is 0 Å². The Morgan fingerprint density at radius 3 is 3.00 bits per heavy atom. The van der Waals surface area contributed by atoms with Gasteiger partial charge in [-0.15, -0.1) is 0 Å². The summed E-state index contributed by atoms with van der Waals surface area (Å²) in [6, 6.07) is 9.20. The van der Waals surface area contributed by atoms with Crippen molar-refractivity contribution in [2.24, 2.45) is 0 Å². The number of hydrogen-bond acceptors (Lipinski definition) is 4. The quantitative estimate of drug-likeness (QED) is 0.616. The molecular formula is C15H17BO4. The van der Waals surface area contributed by atoms with E-state index in [0.717, 1.165) is 5.56 Å². The van der Waals surface area contributed by atoms with Crippen LogP contribution in [0.4, 0.5) is 0 Å². The van der Waals surface area contributed by atoms with Crippen molar-refractivity contribution in [2.75, 3.05) is 6.61 Å². The van der Waals surface area contributed by atoms with Gasteiger partial charge in [0.25, 0.3) is 0 Å². The van der Waals surface area contributed by atoms with Crippen LogP contribution in [0.15, 0.2) is 30.3 Å². The molecule has 0 aliphatic carbocycles. The Morgan fingerprint density at radius 1 is 1.40 bits per heavy atom. The Balaban J connectivity index is 1.54. The Labute approximate surface area is 119 Å². The fourth-order valence-electron chi connectivity index (χ4n) is 2.86. The molecule has 2 aliphatic heterocycles. The Bertz CT molecular complexity index is 474. The summed E-state index contributed by atoms with van der Waals surface area (Å²) in [4.78, 5) is 12.0. The molecule has 0 aromatic heterocycles. The maximum absolute atomic E-state index is 12.0. The first-order valence-corrected chi connectivity index (χ1v) is 6.91. The van der Waals surface area contributed by atoms with E-state index < -0.39 is 11.6 Å². The van der Waals surface area contributed by atoms with E-state index in [1.165, 1.54) is 0 Å². The highest BCUT2D eigenvalue weighted by Gasteiger charge is 2.49. The molecule has 4 nitrogen and oxygen atoms in total.